The molecule has 15 heavy (non-hydrogen) atoms. The van der Waals surface area contributed by atoms with E-state index in [0.717, 1.165) is 12.0 Å². The second-order valence-corrected chi connectivity index (χ2v) is 3.50. The monoisotopic (exact) mass is 214 g/mol. The molecule has 4 heteroatoms. The van der Waals surface area contributed by atoms with Gasteiger partial charge in [0.1, 0.15) is 0 Å². The Labute approximate surface area is 88.7 Å². The summed E-state index contributed by atoms with van der Waals surface area (Å²) in [7, 11) is 0. The number of nitrogens with one attached hydrogen (secondary N) is 1. The molecule has 2 nitrogen and oxygen atoms in total. The summed E-state index contributed by atoms with van der Waals surface area (Å²) in [6, 6.07) is 0.844. The van der Waals surface area contributed by atoms with Crippen molar-refractivity contribution in [2.75, 3.05) is 6.54 Å². The summed E-state index contributed by atoms with van der Waals surface area (Å²) in [5.41, 5.74) is 1.43. The Morgan fingerprint density at radius 2 is 2.20 bits per heavy atom. The van der Waals surface area contributed by atoms with E-state index in [-0.39, 0.29) is 0 Å². The molecule has 0 saturated carbocycles. The molecule has 0 aliphatic carbocycles. The largest absolute Gasteiger partial charge is 0.305 e. The fourth-order valence-electron chi connectivity index (χ4n) is 1.44. The minimum Gasteiger partial charge on any atom is -0.305 e. The van der Waals surface area contributed by atoms with Gasteiger partial charge < -0.3 is 5.32 Å². The lowest BCUT2D eigenvalue weighted by atomic mass is 10.0. The highest BCUT2D eigenvalue weighted by Gasteiger charge is 2.22. The summed E-state index contributed by atoms with van der Waals surface area (Å²) in [5.74, 6) is 0. The Balaban J connectivity index is 2.84. The van der Waals surface area contributed by atoms with E-state index >= 15 is 0 Å². The summed E-state index contributed by atoms with van der Waals surface area (Å²) in [6.07, 6.45) is 1.55. The third-order valence-corrected chi connectivity index (χ3v) is 2.28. The summed E-state index contributed by atoms with van der Waals surface area (Å²) >= 11 is 0. The quantitative estimate of drug-likeness (QED) is 0.815. The number of rotatable bonds is 5. The zero-order valence-electron chi connectivity index (χ0n) is 9.00. The summed E-state index contributed by atoms with van der Waals surface area (Å²) in [5, 5.41) is 2.84. The molecule has 1 N–H and O–H groups in total. The highest BCUT2D eigenvalue weighted by molar-refractivity contribution is 5.25. The van der Waals surface area contributed by atoms with Crippen LogP contribution in [0.5, 0.6) is 0 Å². The van der Waals surface area contributed by atoms with Crippen molar-refractivity contribution in [2.24, 2.45) is 0 Å². The number of hydrogen-bond acceptors (Lipinski definition) is 2. The van der Waals surface area contributed by atoms with E-state index in [1.807, 2.05) is 13.8 Å². The van der Waals surface area contributed by atoms with Crippen molar-refractivity contribution < 1.29 is 8.78 Å². The van der Waals surface area contributed by atoms with E-state index in [0.29, 0.717) is 12.1 Å². The number of aromatic nitrogens is 1. The van der Waals surface area contributed by atoms with Crippen LogP contribution >= 0.6 is 0 Å². The molecule has 0 saturated heterocycles. The van der Waals surface area contributed by atoms with Gasteiger partial charge in [-0.05, 0) is 37.1 Å². The third-order valence-electron chi connectivity index (χ3n) is 2.28. The highest BCUT2D eigenvalue weighted by Crippen LogP contribution is 2.22. The molecule has 1 unspecified atom stereocenters. The average Bonchev–Trinajstić information content (AvgIpc) is 2.20. The second kappa shape index (κ2) is 5.75. The first-order valence-electron chi connectivity index (χ1n) is 5.08. The molecule has 1 atom stereocenters. The maximum atomic E-state index is 12.8. The molecular weight excluding hydrogens is 198 g/mol. The maximum Gasteiger partial charge on any atom is 0.257 e. The molecule has 0 bridgehead atoms. The maximum absolute atomic E-state index is 12.8. The topological polar surface area (TPSA) is 24.9 Å². The van der Waals surface area contributed by atoms with Crippen LogP contribution in [0, 0.1) is 6.92 Å². The van der Waals surface area contributed by atoms with Gasteiger partial charge in [-0.15, -0.1) is 0 Å². The van der Waals surface area contributed by atoms with Crippen molar-refractivity contribution in [3.05, 3.63) is 29.6 Å². The zero-order valence-corrected chi connectivity index (χ0v) is 9.00. The highest BCUT2D eigenvalue weighted by atomic mass is 19.3. The lowest BCUT2D eigenvalue weighted by Crippen LogP contribution is -2.28. The fourth-order valence-corrected chi connectivity index (χ4v) is 1.44. The summed E-state index contributed by atoms with van der Waals surface area (Å²) in [6.45, 7) is 4.36. The number of nitrogens with zero attached hydrogens (tertiary/aromatic N) is 1. The van der Waals surface area contributed by atoms with Crippen LogP contribution < -0.4 is 5.32 Å². The molecule has 1 aromatic rings. The predicted molar refractivity (Wildman–Crippen MR) is 56.0 cm³/mol. The van der Waals surface area contributed by atoms with E-state index < -0.39 is 12.5 Å². The number of pyridine rings is 1. The Hall–Kier alpha value is -1.03. The van der Waals surface area contributed by atoms with Gasteiger partial charge in [0.15, 0.2) is 0 Å². The number of hydrogen-bond donors (Lipinski definition) is 1. The molecule has 0 aliphatic rings. The van der Waals surface area contributed by atoms with E-state index in [9.17, 15) is 8.78 Å². The third kappa shape index (κ3) is 3.23. The van der Waals surface area contributed by atoms with Gasteiger partial charge in [0.05, 0.1) is 6.04 Å². The molecule has 0 aliphatic heterocycles. The van der Waals surface area contributed by atoms with Crippen LogP contribution in [0.3, 0.4) is 0 Å². The number of alkyl halides is 2. The summed E-state index contributed by atoms with van der Waals surface area (Å²) < 4.78 is 25.6. The van der Waals surface area contributed by atoms with E-state index in [2.05, 4.69) is 10.3 Å². The molecule has 1 rings (SSSR count). The van der Waals surface area contributed by atoms with E-state index in [1.165, 1.54) is 6.20 Å². The van der Waals surface area contributed by atoms with Gasteiger partial charge in [-0.25, -0.2) is 8.78 Å². The van der Waals surface area contributed by atoms with Gasteiger partial charge in [0, 0.05) is 12.4 Å². The number of halogens is 2. The zero-order chi connectivity index (χ0) is 11.3. The Morgan fingerprint density at radius 3 is 2.73 bits per heavy atom. The average molecular weight is 214 g/mol. The fraction of sp³-hybridized carbons (Fsp3) is 0.545. The lowest BCUT2D eigenvalue weighted by molar-refractivity contribution is 0.0980. The van der Waals surface area contributed by atoms with Crippen LogP contribution in [-0.2, 0) is 0 Å². The smallest absolute Gasteiger partial charge is 0.257 e. The molecule has 0 fully saturated rings. The van der Waals surface area contributed by atoms with Crippen LogP contribution in [0.4, 0.5) is 8.78 Å². The first-order valence-corrected chi connectivity index (χ1v) is 5.08. The molecule has 0 amide bonds. The Kier molecular flexibility index (Phi) is 4.62. The first-order chi connectivity index (χ1) is 7.16. The van der Waals surface area contributed by atoms with Crippen molar-refractivity contribution in [3.63, 3.8) is 0 Å². The molecule has 0 radical (unpaired) electrons. The van der Waals surface area contributed by atoms with Crippen molar-refractivity contribution in [2.45, 2.75) is 32.7 Å². The molecule has 84 valence electrons. The van der Waals surface area contributed by atoms with E-state index in [4.69, 9.17) is 0 Å². The standard InChI is InChI=1S/C11H16F2N2/c1-3-5-15-10(11(12)13)9-7-14-6-4-8(9)2/h4,6-7,10-11,15H,3,5H2,1-2H3. The van der Waals surface area contributed by atoms with Gasteiger partial charge in [0.25, 0.3) is 6.43 Å². The van der Waals surface area contributed by atoms with Crippen molar-refractivity contribution in [3.8, 4) is 0 Å². The van der Waals surface area contributed by atoms with Crippen LogP contribution in [0.15, 0.2) is 18.5 Å². The van der Waals surface area contributed by atoms with Gasteiger partial charge in [-0.3, -0.25) is 4.98 Å². The van der Waals surface area contributed by atoms with Crippen molar-refractivity contribution in [1.29, 1.82) is 0 Å². The Bertz CT molecular complexity index is 302. The number of aryl methyl sites for hydroxylation is 1. The van der Waals surface area contributed by atoms with Crippen molar-refractivity contribution in [1.82, 2.24) is 10.3 Å². The summed E-state index contributed by atoms with van der Waals surface area (Å²) in [4.78, 5) is 3.88. The molecular formula is C11H16F2N2. The Morgan fingerprint density at radius 1 is 1.47 bits per heavy atom. The SMILES string of the molecule is CCCNC(c1cnccc1C)C(F)F. The molecule has 0 aromatic carbocycles. The van der Waals surface area contributed by atoms with Crippen LogP contribution in [-0.4, -0.2) is 18.0 Å². The molecule has 0 spiro atoms. The molecule has 1 heterocycles. The van der Waals surface area contributed by atoms with Gasteiger partial charge in [-0.2, -0.15) is 0 Å². The van der Waals surface area contributed by atoms with Gasteiger partial charge >= 0.3 is 0 Å². The minimum absolute atomic E-state index is 0.584. The van der Waals surface area contributed by atoms with Crippen LogP contribution in [0.2, 0.25) is 0 Å². The first kappa shape index (κ1) is 12.0. The normalized spacial score (nSPS) is 13.1. The minimum atomic E-state index is -2.40. The van der Waals surface area contributed by atoms with Crippen LogP contribution in [0.25, 0.3) is 0 Å². The van der Waals surface area contributed by atoms with Gasteiger partial charge in [0.2, 0.25) is 0 Å². The lowest BCUT2D eigenvalue weighted by Gasteiger charge is -2.19. The van der Waals surface area contributed by atoms with Crippen molar-refractivity contribution >= 4 is 0 Å². The van der Waals surface area contributed by atoms with Crippen LogP contribution in [0.1, 0.15) is 30.5 Å². The molecule has 1 aromatic heterocycles. The van der Waals surface area contributed by atoms with Gasteiger partial charge in [-0.1, -0.05) is 6.92 Å². The van der Waals surface area contributed by atoms with E-state index in [1.54, 1.807) is 12.3 Å². The second-order valence-electron chi connectivity index (χ2n) is 3.50. The predicted octanol–water partition coefficient (Wildman–Crippen LogP) is 2.70.